The lowest BCUT2D eigenvalue weighted by Crippen LogP contribution is -2.35. The third kappa shape index (κ3) is 3.26. The smallest absolute Gasteiger partial charge is 0.224 e. The molecule has 2 heterocycles. The third-order valence-corrected chi connectivity index (χ3v) is 4.79. The second-order valence-electron chi connectivity index (χ2n) is 6.29. The van der Waals surface area contributed by atoms with Gasteiger partial charge in [-0.1, -0.05) is 42.5 Å². The maximum Gasteiger partial charge on any atom is 0.224 e. The summed E-state index contributed by atoms with van der Waals surface area (Å²) in [6.45, 7) is 2.78. The van der Waals surface area contributed by atoms with Gasteiger partial charge in [-0.05, 0) is 12.5 Å². The van der Waals surface area contributed by atoms with E-state index in [9.17, 15) is 4.79 Å². The Bertz CT molecular complexity index is 735. The number of amides is 1. The lowest BCUT2D eigenvalue weighted by atomic mass is 10.0. The van der Waals surface area contributed by atoms with Gasteiger partial charge >= 0.3 is 0 Å². The van der Waals surface area contributed by atoms with Gasteiger partial charge in [0.05, 0.1) is 12.2 Å². The Morgan fingerprint density at radius 3 is 2.71 bits per heavy atom. The van der Waals surface area contributed by atoms with E-state index in [0.717, 1.165) is 17.8 Å². The molecule has 0 spiro atoms. The maximum atomic E-state index is 12.2. The molecule has 1 aliphatic heterocycles. The molecule has 1 aliphatic rings. The molecule has 1 saturated heterocycles. The minimum Gasteiger partial charge on any atom is -0.337 e. The second kappa shape index (κ2) is 7.01. The molecule has 0 saturated carbocycles. The van der Waals surface area contributed by atoms with Gasteiger partial charge in [-0.3, -0.25) is 9.48 Å². The van der Waals surface area contributed by atoms with Crippen molar-refractivity contribution in [2.24, 2.45) is 7.05 Å². The summed E-state index contributed by atoms with van der Waals surface area (Å²) in [5.74, 6) is 0.174. The van der Waals surface area contributed by atoms with Gasteiger partial charge in [0.2, 0.25) is 5.91 Å². The van der Waals surface area contributed by atoms with Crippen molar-refractivity contribution in [2.75, 3.05) is 13.6 Å². The number of likely N-dealkylation sites (N-methyl/N-ethyl adjacent to an activating group) is 1. The minimum absolute atomic E-state index is 0.0383. The Balaban J connectivity index is 1.68. The molecule has 0 unspecified atom stereocenters. The number of carbonyl (C=O) groups excluding carboxylic acids is 1. The molecular weight excluding hydrogens is 300 g/mol. The highest BCUT2D eigenvalue weighted by Gasteiger charge is 2.39. The van der Waals surface area contributed by atoms with Crippen LogP contribution in [-0.4, -0.2) is 40.2 Å². The summed E-state index contributed by atoms with van der Waals surface area (Å²) in [6, 6.07) is 10.4. The van der Waals surface area contributed by atoms with Crippen molar-refractivity contribution in [1.82, 2.24) is 20.0 Å². The minimum atomic E-state index is 0.0383. The largest absolute Gasteiger partial charge is 0.337 e. The SMILES string of the molecule is Cc1c([C@H]2[C@H](NC/C=C/c3ccccc3)CC(=O)N2C)cnn1C. The first kappa shape index (κ1) is 16.5. The van der Waals surface area contributed by atoms with E-state index in [4.69, 9.17) is 0 Å². The van der Waals surface area contributed by atoms with Crippen LogP contribution >= 0.6 is 0 Å². The summed E-state index contributed by atoms with van der Waals surface area (Å²) in [7, 11) is 3.81. The number of benzene rings is 1. The molecule has 0 aliphatic carbocycles. The standard InChI is InChI=1S/C19H24N4O/c1-14-16(13-21-23(14)3)19-17(12-18(24)22(19)2)20-11-7-10-15-8-5-4-6-9-15/h4-10,13,17,19-20H,11-12H2,1-3H3/b10-7+/t17-,19+/m1/s1. The van der Waals surface area contributed by atoms with E-state index in [2.05, 4.69) is 34.7 Å². The Kier molecular flexibility index (Phi) is 4.81. The van der Waals surface area contributed by atoms with Crippen molar-refractivity contribution in [3.8, 4) is 0 Å². The van der Waals surface area contributed by atoms with Crippen LogP contribution in [0.4, 0.5) is 0 Å². The normalized spacial score (nSPS) is 21.1. The fourth-order valence-corrected chi connectivity index (χ4v) is 3.26. The average Bonchev–Trinajstić information content (AvgIpc) is 3.05. The van der Waals surface area contributed by atoms with Gasteiger partial charge < -0.3 is 10.2 Å². The molecule has 0 bridgehead atoms. The van der Waals surface area contributed by atoms with Crippen molar-refractivity contribution >= 4 is 12.0 Å². The van der Waals surface area contributed by atoms with E-state index >= 15 is 0 Å². The van der Waals surface area contributed by atoms with Crippen LogP contribution < -0.4 is 5.32 Å². The van der Waals surface area contributed by atoms with Crippen molar-refractivity contribution in [1.29, 1.82) is 0 Å². The number of hydrogen-bond acceptors (Lipinski definition) is 3. The quantitative estimate of drug-likeness (QED) is 0.918. The predicted octanol–water partition coefficient (Wildman–Crippen LogP) is 2.30. The fourth-order valence-electron chi connectivity index (χ4n) is 3.26. The van der Waals surface area contributed by atoms with Crippen LogP contribution in [0.1, 0.15) is 29.3 Å². The molecule has 126 valence electrons. The lowest BCUT2D eigenvalue weighted by Gasteiger charge is -2.25. The zero-order valence-corrected chi connectivity index (χ0v) is 14.4. The van der Waals surface area contributed by atoms with Gasteiger partial charge in [0.25, 0.3) is 0 Å². The Morgan fingerprint density at radius 1 is 1.29 bits per heavy atom. The summed E-state index contributed by atoms with van der Waals surface area (Å²) >= 11 is 0. The zero-order chi connectivity index (χ0) is 17.1. The molecule has 1 aromatic heterocycles. The van der Waals surface area contributed by atoms with Gasteiger partial charge in [-0.15, -0.1) is 0 Å². The molecule has 24 heavy (non-hydrogen) atoms. The van der Waals surface area contributed by atoms with Crippen LogP contribution in [0.5, 0.6) is 0 Å². The van der Waals surface area contributed by atoms with Crippen molar-refractivity contribution in [3.63, 3.8) is 0 Å². The van der Waals surface area contributed by atoms with Gasteiger partial charge in [-0.2, -0.15) is 5.10 Å². The van der Waals surface area contributed by atoms with E-state index in [1.165, 1.54) is 5.56 Å². The van der Waals surface area contributed by atoms with Crippen molar-refractivity contribution in [3.05, 3.63) is 59.4 Å². The number of aryl methyl sites for hydroxylation is 1. The van der Waals surface area contributed by atoms with Gasteiger partial charge in [-0.25, -0.2) is 0 Å². The van der Waals surface area contributed by atoms with E-state index in [1.807, 2.05) is 55.0 Å². The molecule has 1 aromatic carbocycles. The van der Waals surface area contributed by atoms with E-state index in [-0.39, 0.29) is 18.0 Å². The average molecular weight is 324 g/mol. The molecule has 1 amide bonds. The number of nitrogens with one attached hydrogen (secondary N) is 1. The van der Waals surface area contributed by atoms with Crippen LogP contribution in [0.15, 0.2) is 42.6 Å². The molecule has 1 fully saturated rings. The maximum absolute atomic E-state index is 12.2. The molecule has 2 atom stereocenters. The number of nitrogens with zero attached hydrogens (tertiary/aromatic N) is 3. The molecule has 3 rings (SSSR count). The Morgan fingerprint density at radius 2 is 2.04 bits per heavy atom. The number of rotatable bonds is 5. The first-order valence-electron chi connectivity index (χ1n) is 8.27. The van der Waals surface area contributed by atoms with Crippen LogP contribution in [-0.2, 0) is 11.8 Å². The van der Waals surface area contributed by atoms with E-state index < -0.39 is 0 Å². The summed E-state index contributed by atoms with van der Waals surface area (Å²) in [5.41, 5.74) is 3.40. The molecule has 0 radical (unpaired) electrons. The van der Waals surface area contributed by atoms with E-state index in [1.54, 1.807) is 0 Å². The fraction of sp³-hybridized carbons (Fsp3) is 0.368. The highest BCUT2D eigenvalue weighted by atomic mass is 16.2. The molecule has 5 nitrogen and oxygen atoms in total. The van der Waals surface area contributed by atoms with Crippen LogP contribution in [0.3, 0.4) is 0 Å². The van der Waals surface area contributed by atoms with Gasteiger partial charge in [0.15, 0.2) is 0 Å². The first-order chi connectivity index (χ1) is 11.6. The topological polar surface area (TPSA) is 50.2 Å². The number of aromatic nitrogens is 2. The summed E-state index contributed by atoms with van der Waals surface area (Å²) in [4.78, 5) is 14.0. The molecule has 2 aromatic rings. The predicted molar refractivity (Wildman–Crippen MR) is 95.3 cm³/mol. The number of hydrogen-bond donors (Lipinski definition) is 1. The van der Waals surface area contributed by atoms with Crippen LogP contribution in [0.25, 0.3) is 6.08 Å². The first-order valence-corrected chi connectivity index (χ1v) is 8.27. The summed E-state index contributed by atoms with van der Waals surface area (Å²) < 4.78 is 1.86. The Labute approximate surface area is 143 Å². The number of carbonyl (C=O) groups is 1. The third-order valence-electron chi connectivity index (χ3n) is 4.79. The van der Waals surface area contributed by atoms with Crippen LogP contribution in [0.2, 0.25) is 0 Å². The van der Waals surface area contributed by atoms with Crippen molar-refractivity contribution < 1.29 is 4.79 Å². The number of likely N-dealkylation sites (tertiary alicyclic amines) is 1. The Hall–Kier alpha value is -2.40. The van der Waals surface area contributed by atoms with Crippen LogP contribution in [0, 0.1) is 6.92 Å². The molecular formula is C19H24N4O. The molecule has 1 N–H and O–H groups in total. The summed E-state index contributed by atoms with van der Waals surface area (Å²) in [6.07, 6.45) is 6.60. The monoisotopic (exact) mass is 324 g/mol. The van der Waals surface area contributed by atoms with Crippen molar-refractivity contribution in [2.45, 2.75) is 25.4 Å². The zero-order valence-electron chi connectivity index (χ0n) is 14.4. The molecule has 5 heteroatoms. The highest BCUT2D eigenvalue weighted by Crippen LogP contribution is 2.33. The highest BCUT2D eigenvalue weighted by molar-refractivity contribution is 5.80. The lowest BCUT2D eigenvalue weighted by molar-refractivity contribution is -0.127. The van der Waals surface area contributed by atoms with Gasteiger partial charge in [0, 0.05) is 44.4 Å². The van der Waals surface area contributed by atoms with E-state index in [0.29, 0.717) is 6.42 Å². The second-order valence-corrected chi connectivity index (χ2v) is 6.29. The van der Waals surface area contributed by atoms with Gasteiger partial charge in [0.1, 0.15) is 0 Å². The summed E-state index contributed by atoms with van der Waals surface area (Å²) in [5, 5.41) is 7.84.